The summed E-state index contributed by atoms with van der Waals surface area (Å²) >= 11 is 2.50. The maximum absolute atomic E-state index is 4.70. The van der Waals surface area contributed by atoms with Gasteiger partial charge in [0.2, 0.25) is 0 Å². The van der Waals surface area contributed by atoms with Crippen molar-refractivity contribution in [2.75, 3.05) is 13.1 Å². The van der Waals surface area contributed by atoms with Crippen molar-refractivity contribution in [3.8, 4) is 0 Å². The van der Waals surface area contributed by atoms with Gasteiger partial charge in [-0.3, -0.25) is 9.58 Å². The van der Waals surface area contributed by atoms with E-state index < -0.39 is 0 Å². The topological polar surface area (TPSA) is 21.1 Å². The fourth-order valence-electron chi connectivity index (χ4n) is 2.68. The zero-order valence-electron chi connectivity index (χ0n) is 10.6. The summed E-state index contributed by atoms with van der Waals surface area (Å²) in [5.41, 5.74) is 1.11. The summed E-state index contributed by atoms with van der Waals surface area (Å²) in [7, 11) is 0. The normalized spacial score (nSPS) is 20.3. The van der Waals surface area contributed by atoms with Crippen molar-refractivity contribution in [2.24, 2.45) is 0 Å². The summed E-state index contributed by atoms with van der Waals surface area (Å²) < 4.78 is 2.82. The average molecular weight is 355 g/mol. The number of halogens is 1. The predicted molar refractivity (Wildman–Crippen MR) is 83.1 cm³/mol. The maximum atomic E-state index is 4.70. The number of benzene rings is 1. The molecule has 1 aromatic carbocycles. The number of fused-ring (bicyclic) bond motifs is 1. The monoisotopic (exact) mass is 355 g/mol. The fourth-order valence-corrected chi connectivity index (χ4v) is 3.23. The second-order valence-corrected chi connectivity index (χ2v) is 6.81. The van der Waals surface area contributed by atoms with E-state index in [1.807, 2.05) is 0 Å². The molecule has 0 aliphatic carbocycles. The number of nitrogens with zero attached hydrogens (tertiary/aromatic N) is 3. The first-order valence-electron chi connectivity index (χ1n) is 6.56. The van der Waals surface area contributed by atoms with E-state index in [0.29, 0.717) is 10.1 Å². The van der Waals surface area contributed by atoms with Crippen LogP contribution in [0.25, 0.3) is 10.9 Å². The van der Waals surface area contributed by atoms with Crippen molar-refractivity contribution in [1.82, 2.24) is 14.7 Å². The van der Waals surface area contributed by atoms with E-state index in [1.165, 1.54) is 31.3 Å². The van der Waals surface area contributed by atoms with Gasteiger partial charge < -0.3 is 0 Å². The SMILES string of the molecule is CC(I)N1CCC(n2cc3ccccc3n2)CC1. The first-order chi connectivity index (χ1) is 8.74. The van der Waals surface area contributed by atoms with Gasteiger partial charge in [0.25, 0.3) is 0 Å². The molecule has 1 aliphatic rings. The summed E-state index contributed by atoms with van der Waals surface area (Å²) in [4.78, 5) is 2.54. The standard InChI is InChI=1S/C14H18IN3/c1-11(15)17-8-6-13(7-9-17)18-10-12-4-2-3-5-14(12)16-18/h2-5,10-11,13H,6-9H2,1H3. The minimum atomic E-state index is 0.573. The van der Waals surface area contributed by atoms with Crippen LogP contribution in [0.3, 0.4) is 0 Å². The van der Waals surface area contributed by atoms with E-state index in [9.17, 15) is 0 Å². The van der Waals surface area contributed by atoms with Gasteiger partial charge in [0.15, 0.2) is 0 Å². The van der Waals surface area contributed by atoms with Crippen LogP contribution in [-0.2, 0) is 0 Å². The van der Waals surface area contributed by atoms with E-state index in [4.69, 9.17) is 5.10 Å². The van der Waals surface area contributed by atoms with Crippen LogP contribution < -0.4 is 0 Å². The van der Waals surface area contributed by atoms with Gasteiger partial charge in [-0.05, 0) is 25.8 Å². The molecule has 0 spiro atoms. The molecule has 96 valence electrons. The Morgan fingerprint density at radius 3 is 2.67 bits per heavy atom. The van der Waals surface area contributed by atoms with Gasteiger partial charge in [0.1, 0.15) is 0 Å². The fraction of sp³-hybridized carbons (Fsp3) is 0.500. The third-order valence-electron chi connectivity index (χ3n) is 3.81. The molecule has 3 rings (SSSR count). The molecule has 0 saturated carbocycles. The quantitative estimate of drug-likeness (QED) is 0.467. The minimum absolute atomic E-state index is 0.573. The lowest BCUT2D eigenvalue weighted by molar-refractivity contribution is 0.181. The predicted octanol–water partition coefficient (Wildman–Crippen LogP) is 3.45. The van der Waals surface area contributed by atoms with E-state index in [0.717, 1.165) is 5.52 Å². The highest BCUT2D eigenvalue weighted by molar-refractivity contribution is 14.1. The number of hydrogen-bond acceptors (Lipinski definition) is 2. The second-order valence-electron chi connectivity index (χ2n) is 5.01. The highest BCUT2D eigenvalue weighted by Crippen LogP contribution is 2.26. The summed E-state index contributed by atoms with van der Waals surface area (Å²) in [6, 6.07) is 8.94. The van der Waals surface area contributed by atoms with Crippen molar-refractivity contribution in [2.45, 2.75) is 29.9 Å². The number of piperidine rings is 1. The molecule has 2 aromatic rings. The molecule has 0 bridgehead atoms. The maximum Gasteiger partial charge on any atom is 0.0923 e. The molecule has 4 heteroatoms. The number of aromatic nitrogens is 2. The second kappa shape index (κ2) is 5.17. The lowest BCUT2D eigenvalue weighted by Gasteiger charge is -2.33. The first kappa shape index (κ1) is 12.4. The van der Waals surface area contributed by atoms with Crippen LogP contribution in [-0.4, -0.2) is 31.8 Å². The molecule has 1 unspecified atom stereocenters. The third-order valence-corrected chi connectivity index (χ3v) is 4.60. The Hall–Kier alpha value is -0.620. The number of rotatable bonds is 2. The van der Waals surface area contributed by atoms with Crippen LogP contribution >= 0.6 is 22.6 Å². The van der Waals surface area contributed by atoms with Crippen molar-refractivity contribution in [3.05, 3.63) is 30.5 Å². The van der Waals surface area contributed by atoms with Crippen LogP contribution in [0.5, 0.6) is 0 Å². The van der Waals surface area contributed by atoms with Crippen molar-refractivity contribution >= 4 is 33.5 Å². The van der Waals surface area contributed by atoms with E-state index in [2.05, 4.69) is 69.6 Å². The van der Waals surface area contributed by atoms with E-state index in [1.54, 1.807) is 0 Å². The van der Waals surface area contributed by atoms with Crippen LogP contribution in [0.2, 0.25) is 0 Å². The Bertz CT molecular complexity index is 494. The van der Waals surface area contributed by atoms with Crippen LogP contribution in [0, 0.1) is 0 Å². The lowest BCUT2D eigenvalue weighted by atomic mass is 10.1. The van der Waals surface area contributed by atoms with Gasteiger partial charge in [-0.15, -0.1) is 0 Å². The summed E-state index contributed by atoms with van der Waals surface area (Å²) in [6.07, 6.45) is 4.62. The Morgan fingerprint density at radius 1 is 1.28 bits per heavy atom. The molecular weight excluding hydrogens is 337 g/mol. The molecule has 1 aliphatic heterocycles. The smallest absolute Gasteiger partial charge is 0.0923 e. The van der Waals surface area contributed by atoms with Crippen LogP contribution in [0.4, 0.5) is 0 Å². The Labute approximate surface area is 121 Å². The van der Waals surface area contributed by atoms with Crippen molar-refractivity contribution in [1.29, 1.82) is 0 Å². The Morgan fingerprint density at radius 2 is 2.00 bits per heavy atom. The molecule has 1 aromatic heterocycles. The van der Waals surface area contributed by atoms with Gasteiger partial charge in [-0.2, -0.15) is 5.10 Å². The molecule has 1 saturated heterocycles. The van der Waals surface area contributed by atoms with Gasteiger partial charge in [-0.25, -0.2) is 0 Å². The average Bonchev–Trinajstić information content (AvgIpc) is 2.82. The molecule has 1 atom stereocenters. The van der Waals surface area contributed by atoms with E-state index in [-0.39, 0.29) is 0 Å². The van der Waals surface area contributed by atoms with Crippen LogP contribution in [0.1, 0.15) is 25.8 Å². The largest absolute Gasteiger partial charge is 0.292 e. The van der Waals surface area contributed by atoms with Gasteiger partial charge >= 0.3 is 0 Å². The summed E-state index contributed by atoms with van der Waals surface area (Å²) in [5, 5.41) is 5.95. The molecule has 2 heterocycles. The lowest BCUT2D eigenvalue weighted by Crippen LogP contribution is -2.37. The molecule has 3 nitrogen and oxygen atoms in total. The van der Waals surface area contributed by atoms with Crippen molar-refractivity contribution in [3.63, 3.8) is 0 Å². The first-order valence-corrected chi connectivity index (χ1v) is 7.80. The zero-order valence-corrected chi connectivity index (χ0v) is 12.7. The summed E-state index contributed by atoms with van der Waals surface area (Å²) in [5.74, 6) is 0. The molecule has 0 amide bonds. The number of likely N-dealkylation sites (tertiary alicyclic amines) is 1. The van der Waals surface area contributed by atoms with E-state index >= 15 is 0 Å². The number of hydrogen-bond donors (Lipinski definition) is 0. The van der Waals surface area contributed by atoms with Crippen LogP contribution in [0.15, 0.2) is 30.5 Å². The van der Waals surface area contributed by atoms with Gasteiger partial charge in [0.05, 0.1) is 15.6 Å². The highest BCUT2D eigenvalue weighted by atomic mass is 127. The molecule has 0 radical (unpaired) electrons. The summed E-state index contributed by atoms with van der Waals surface area (Å²) in [6.45, 7) is 4.64. The Balaban J connectivity index is 1.76. The molecule has 18 heavy (non-hydrogen) atoms. The zero-order chi connectivity index (χ0) is 12.5. The molecular formula is C14H18IN3. The minimum Gasteiger partial charge on any atom is -0.292 e. The molecule has 1 fully saturated rings. The Kier molecular flexibility index (Phi) is 3.56. The molecule has 0 N–H and O–H groups in total. The van der Waals surface area contributed by atoms with Gasteiger partial charge in [0, 0.05) is 24.7 Å². The van der Waals surface area contributed by atoms with Crippen molar-refractivity contribution < 1.29 is 0 Å². The third kappa shape index (κ3) is 2.40. The van der Waals surface area contributed by atoms with Gasteiger partial charge in [-0.1, -0.05) is 40.8 Å². The highest BCUT2D eigenvalue weighted by Gasteiger charge is 2.23. The number of alkyl halides is 1.